The van der Waals surface area contributed by atoms with Crippen LogP contribution in [0, 0.1) is 17.2 Å². The molecule has 0 amide bonds. The van der Waals surface area contributed by atoms with Gasteiger partial charge in [0.1, 0.15) is 0 Å². The average molecular weight is 577 g/mol. The van der Waals surface area contributed by atoms with Crippen LogP contribution in [0.4, 0.5) is 0 Å². The molecule has 0 radical (unpaired) electrons. The molecule has 0 bridgehead atoms. The number of hydrogen-bond acceptors (Lipinski definition) is 7. The number of halogens is 3. The fourth-order valence-corrected chi connectivity index (χ4v) is 6.37. The van der Waals surface area contributed by atoms with Crippen LogP contribution in [0.5, 0.6) is 0 Å². The van der Waals surface area contributed by atoms with Crippen molar-refractivity contribution in [3.05, 3.63) is 70.3 Å². The Morgan fingerprint density at radius 1 is 1.30 bits per heavy atom. The van der Waals surface area contributed by atoms with Crippen LogP contribution in [-0.2, 0) is 0 Å². The van der Waals surface area contributed by atoms with E-state index in [-0.39, 0.29) is 27.4 Å². The number of allylic oxidation sites excluding steroid dienone is 2. The molecule has 0 spiro atoms. The summed E-state index contributed by atoms with van der Waals surface area (Å²) >= 11 is 13.5. The molecule has 0 aliphatic carbocycles. The fraction of sp³-hybridized carbons (Fsp3) is 0.167. The molecule has 1 aliphatic rings. The molecule has 0 atom stereocenters. The number of nitriles is 1. The molecule has 0 fully saturated rings. The fourth-order valence-electron chi connectivity index (χ4n) is 2.38. The summed E-state index contributed by atoms with van der Waals surface area (Å²) in [6.45, 7) is 3.88. The summed E-state index contributed by atoms with van der Waals surface area (Å²) in [7, 11) is 0. The topological polar surface area (TPSA) is 124 Å². The number of rotatable bonds is 3. The summed E-state index contributed by atoms with van der Waals surface area (Å²) in [5.74, 6) is 0.179. The van der Waals surface area contributed by atoms with Gasteiger partial charge in [-0.15, -0.1) is 0 Å². The van der Waals surface area contributed by atoms with Gasteiger partial charge >= 0.3 is 196 Å². The molecule has 1 aromatic carbocycles. The molecule has 2 N–H and O–H groups in total. The zero-order valence-electron chi connectivity index (χ0n) is 15.5. The molecule has 156 valence electrons. The van der Waals surface area contributed by atoms with Crippen molar-refractivity contribution in [3.8, 4) is 11.8 Å². The third-order valence-electron chi connectivity index (χ3n) is 3.74. The van der Waals surface area contributed by atoms with Crippen LogP contribution in [0.1, 0.15) is 19.5 Å². The number of hydrogen-bond donors (Lipinski definition) is 2. The van der Waals surface area contributed by atoms with E-state index in [1.807, 2.05) is 22.9 Å². The van der Waals surface area contributed by atoms with Gasteiger partial charge in [0.05, 0.1) is 0 Å². The van der Waals surface area contributed by atoms with E-state index in [4.69, 9.17) is 28.5 Å². The number of nitrogens with zero attached hydrogens (tertiary/aromatic N) is 4. The van der Waals surface area contributed by atoms with Gasteiger partial charge in [-0.05, 0) is 0 Å². The number of aliphatic hydroxyl groups is 1. The van der Waals surface area contributed by atoms with Crippen molar-refractivity contribution in [2.24, 2.45) is 10.9 Å². The molecule has 2 aromatic rings. The number of thioether (sulfide) groups is 1. The van der Waals surface area contributed by atoms with Crippen LogP contribution in [0.25, 0.3) is 5.69 Å². The Balaban J connectivity index is 2.02. The summed E-state index contributed by atoms with van der Waals surface area (Å²) < 4.78 is 3.54. The third-order valence-corrected chi connectivity index (χ3v) is 8.22. The van der Waals surface area contributed by atoms with Gasteiger partial charge in [-0.3, -0.25) is 0 Å². The second-order valence-corrected chi connectivity index (χ2v) is 11.1. The van der Waals surface area contributed by atoms with E-state index >= 15 is 0 Å². The van der Waals surface area contributed by atoms with Crippen LogP contribution in [0.3, 0.4) is 0 Å². The molecular weight excluding hydrogens is 564 g/mol. The van der Waals surface area contributed by atoms with Crippen molar-refractivity contribution < 1.29 is 26.3 Å². The van der Waals surface area contributed by atoms with Crippen molar-refractivity contribution in [2.45, 2.75) is 18.7 Å². The Morgan fingerprint density at radius 3 is 2.57 bits per heavy atom. The van der Waals surface area contributed by atoms with Crippen LogP contribution in [0.15, 0.2) is 53.2 Å². The monoisotopic (exact) mass is 576 g/mol. The van der Waals surface area contributed by atoms with Gasteiger partial charge in [0.25, 0.3) is 0 Å². The number of aliphatic imine (C=N–C) groups is 1. The Kier molecular flexibility index (Phi) is 7.07. The number of benzene rings is 1. The number of aromatic nitrogens is 3. The second-order valence-electron chi connectivity index (χ2n) is 6.16. The normalized spacial score (nSPS) is 14.2. The molecule has 30 heavy (non-hydrogen) atoms. The Labute approximate surface area is 195 Å². The van der Waals surface area contributed by atoms with Gasteiger partial charge in [-0.2, -0.15) is 0 Å². The van der Waals surface area contributed by atoms with Crippen molar-refractivity contribution in [1.29, 1.82) is 5.26 Å². The van der Waals surface area contributed by atoms with Crippen LogP contribution < -0.4 is 32.5 Å². The first-order valence-electron chi connectivity index (χ1n) is 8.34. The maximum atomic E-state index is 12.1. The van der Waals surface area contributed by atoms with E-state index in [0.717, 1.165) is 7.73 Å². The van der Waals surface area contributed by atoms with Gasteiger partial charge in [-0.25, -0.2) is 0 Å². The Bertz CT molecular complexity index is 1250. The minimum absolute atomic E-state index is 0.0354. The van der Waals surface area contributed by atoms with E-state index in [9.17, 15) is 14.7 Å². The number of aromatic amines is 1. The molecule has 0 unspecified atom stereocenters. The van der Waals surface area contributed by atoms with Gasteiger partial charge < -0.3 is 0 Å². The zero-order chi connectivity index (χ0) is 22.0. The summed E-state index contributed by atoms with van der Waals surface area (Å²) in [4.78, 5) is 30.8. The first-order valence-corrected chi connectivity index (χ1v) is 12.2. The van der Waals surface area contributed by atoms with Gasteiger partial charge in [0.2, 0.25) is 0 Å². The van der Waals surface area contributed by atoms with E-state index in [1.165, 1.54) is 23.9 Å². The summed E-state index contributed by atoms with van der Waals surface area (Å²) in [5, 5.41) is 23.3. The van der Waals surface area contributed by atoms with Crippen molar-refractivity contribution >= 4 is 38.0 Å². The van der Waals surface area contributed by atoms with E-state index < -0.39 is 38.1 Å². The van der Waals surface area contributed by atoms with Crippen LogP contribution >= 0.6 is 35.0 Å². The van der Waals surface area contributed by atoms with Gasteiger partial charge in [-0.1, -0.05) is 0 Å². The molecule has 12 heteroatoms. The van der Waals surface area contributed by atoms with Crippen molar-refractivity contribution in [1.82, 2.24) is 14.8 Å². The number of H-pyrrole nitrogens is 1. The van der Waals surface area contributed by atoms with Gasteiger partial charge in [0.15, 0.2) is 0 Å². The van der Waals surface area contributed by atoms with E-state index in [1.54, 1.807) is 12.1 Å². The molecule has 1 aliphatic heterocycles. The Morgan fingerprint density at radius 2 is 1.97 bits per heavy atom. The average Bonchev–Trinajstić information content (AvgIpc) is 2.86. The van der Waals surface area contributed by atoms with Crippen LogP contribution in [0.2, 0.25) is 10.0 Å². The first-order chi connectivity index (χ1) is 14.2. The summed E-state index contributed by atoms with van der Waals surface area (Å²) in [6.07, 6.45) is 1.66. The second kappa shape index (κ2) is 9.38. The molecule has 2 heterocycles. The van der Waals surface area contributed by atoms with Gasteiger partial charge in [0, 0.05) is 0 Å². The molecule has 1 aromatic heterocycles. The molecule has 3 rings (SSSR count). The molecular formula is C18H13Cl2IN5O3S-. The summed E-state index contributed by atoms with van der Waals surface area (Å²) in [6, 6.07) is 4.55. The zero-order valence-corrected chi connectivity index (χ0v) is 20.0. The van der Waals surface area contributed by atoms with E-state index in [2.05, 4.69) is 10.1 Å². The quantitative estimate of drug-likeness (QED) is 0.515. The Hall–Kier alpha value is -2.07. The predicted octanol–water partition coefficient (Wildman–Crippen LogP) is 0.589. The number of nitrogens with one attached hydrogen (secondary N) is 1. The number of aliphatic hydroxyl groups excluding tert-OH is 1. The SMILES string of the molecule is CC(C)C1=C(O)C=C[I-]C(Sc2c(Cl)cc(-n3nc(C#N)c(=O)[nH]c3=O)cc2Cl)=N1. The van der Waals surface area contributed by atoms with Crippen molar-refractivity contribution in [2.75, 3.05) is 0 Å². The first kappa shape index (κ1) is 22.6. The summed E-state index contributed by atoms with van der Waals surface area (Å²) in [5.41, 5.74) is -1.37. The molecule has 8 nitrogen and oxygen atoms in total. The van der Waals surface area contributed by atoms with Crippen LogP contribution in [-0.4, -0.2) is 22.9 Å². The molecule has 0 saturated heterocycles. The predicted molar refractivity (Wildman–Crippen MR) is 112 cm³/mol. The minimum atomic E-state index is -0.872. The van der Waals surface area contributed by atoms with Crippen molar-refractivity contribution in [3.63, 3.8) is 0 Å². The maximum absolute atomic E-state index is 12.1. The third kappa shape index (κ3) is 4.80. The standard InChI is InChI=1S/C18H13Cl2IN5O3S/c1-8(2)14-13(27)3-4-21-17(23-14)30-15-10(19)5-9(6-11(15)20)26-18(29)24-16(28)12(7-22)25-26/h3-6,8,27H,1-2H3,(H,24,28,29)/q-1. The molecule has 0 saturated carbocycles. The van der Waals surface area contributed by atoms with E-state index in [0.29, 0.717) is 10.6 Å².